The Morgan fingerprint density at radius 1 is 1.33 bits per heavy atom. The first-order valence-corrected chi connectivity index (χ1v) is 5.82. The summed E-state index contributed by atoms with van der Waals surface area (Å²) in [5.41, 5.74) is 4.54. The highest BCUT2D eigenvalue weighted by atomic mass is 16.5. The van der Waals surface area contributed by atoms with Crippen molar-refractivity contribution in [3.05, 3.63) is 28.8 Å². The Kier molecular flexibility index (Phi) is 2.17. The van der Waals surface area contributed by atoms with Gasteiger partial charge in [0.1, 0.15) is 5.75 Å². The van der Waals surface area contributed by atoms with E-state index in [9.17, 15) is 0 Å². The van der Waals surface area contributed by atoms with E-state index in [1.807, 2.05) is 0 Å². The molecule has 0 saturated heterocycles. The molecule has 0 fully saturated rings. The van der Waals surface area contributed by atoms with Crippen LogP contribution in [0.4, 0.5) is 0 Å². The highest BCUT2D eigenvalue weighted by Crippen LogP contribution is 2.38. The van der Waals surface area contributed by atoms with Crippen LogP contribution in [0.1, 0.15) is 35.6 Å². The predicted molar refractivity (Wildman–Crippen MR) is 60.4 cm³/mol. The molecule has 1 N–H and O–H groups in total. The molecule has 2 heteroatoms. The van der Waals surface area contributed by atoms with Crippen LogP contribution in [-0.2, 0) is 12.8 Å². The number of benzene rings is 1. The molecule has 0 bridgehead atoms. The maximum Gasteiger partial charge on any atom is 0.122 e. The summed E-state index contributed by atoms with van der Waals surface area (Å²) in [4.78, 5) is 0. The van der Waals surface area contributed by atoms with Gasteiger partial charge < -0.3 is 10.1 Å². The Labute approximate surface area is 90.6 Å². The van der Waals surface area contributed by atoms with Gasteiger partial charge in [0.05, 0.1) is 7.11 Å². The second kappa shape index (κ2) is 3.53. The lowest BCUT2D eigenvalue weighted by Crippen LogP contribution is -2.33. The zero-order chi connectivity index (χ0) is 10.3. The van der Waals surface area contributed by atoms with Crippen LogP contribution in [0.3, 0.4) is 0 Å². The topological polar surface area (TPSA) is 21.3 Å². The molecule has 0 unspecified atom stereocenters. The maximum atomic E-state index is 5.46. The normalized spacial score (nSPS) is 23.4. The molecular formula is C13H17NO. The minimum atomic E-state index is 0.590. The van der Waals surface area contributed by atoms with E-state index >= 15 is 0 Å². The minimum Gasteiger partial charge on any atom is -0.496 e. The lowest BCUT2D eigenvalue weighted by molar-refractivity contribution is 0.389. The van der Waals surface area contributed by atoms with Crippen LogP contribution in [0.25, 0.3) is 0 Å². The standard InChI is InChI=1S/C13H17NO/c1-15-12-6-5-9-3-2-4-11-13(9)10(12)7-8-14-11/h5-6,11,14H,2-4,7-8H2,1H3/t11-/m1/s1. The predicted octanol–water partition coefficient (Wildman–Crippen LogP) is 2.22. The number of methoxy groups -OCH3 is 1. The van der Waals surface area contributed by atoms with Crippen molar-refractivity contribution in [3.63, 3.8) is 0 Å². The lowest BCUT2D eigenvalue weighted by atomic mass is 9.81. The van der Waals surface area contributed by atoms with Gasteiger partial charge in [0, 0.05) is 11.6 Å². The van der Waals surface area contributed by atoms with Crippen molar-refractivity contribution in [1.29, 1.82) is 0 Å². The first-order valence-electron chi connectivity index (χ1n) is 5.82. The van der Waals surface area contributed by atoms with Crippen LogP contribution < -0.4 is 10.1 Å². The summed E-state index contributed by atoms with van der Waals surface area (Å²) in [7, 11) is 1.78. The van der Waals surface area contributed by atoms with E-state index in [1.54, 1.807) is 12.7 Å². The molecule has 2 aliphatic rings. The van der Waals surface area contributed by atoms with Gasteiger partial charge in [0.25, 0.3) is 0 Å². The molecule has 1 aliphatic heterocycles. The third-order valence-corrected chi connectivity index (χ3v) is 3.68. The zero-order valence-electron chi connectivity index (χ0n) is 9.18. The van der Waals surface area contributed by atoms with Gasteiger partial charge in [-0.1, -0.05) is 6.07 Å². The average molecular weight is 203 g/mol. The Morgan fingerprint density at radius 2 is 2.27 bits per heavy atom. The van der Waals surface area contributed by atoms with Crippen molar-refractivity contribution in [3.8, 4) is 5.75 Å². The minimum absolute atomic E-state index is 0.590. The molecule has 1 aliphatic carbocycles. The quantitative estimate of drug-likeness (QED) is 0.755. The summed E-state index contributed by atoms with van der Waals surface area (Å²) in [5.74, 6) is 1.09. The van der Waals surface area contributed by atoms with Crippen LogP contribution in [0, 0.1) is 0 Å². The molecule has 1 atom stereocenters. The van der Waals surface area contributed by atoms with Crippen molar-refractivity contribution in [1.82, 2.24) is 5.32 Å². The SMILES string of the molecule is COc1ccc2c3c1CCN[C@@H]3CCC2. The molecule has 80 valence electrons. The fraction of sp³-hybridized carbons (Fsp3) is 0.538. The second-order valence-electron chi connectivity index (χ2n) is 4.47. The molecule has 0 amide bonds. The first-order chi connectivity index (χ1) is 7.40. The molecule has 1 heterocycles. The van der Waals surface area contributed by atoms with E-state index in [4.69, 9.17) is 4.74 Å². The van der Waals surface area contributed by atoms with E-state index in [-0.39, 0.29) is 0 Å². The maximum absolute atomic E-state index is 5.46. The smallest absolute Gasteiger partial charge is 0.122 e. The van der Waals surface area contributed by atoms with Crippen LogP contribution in [0.5, 0.6) is 5.75 Å². The summed E-state index contributed by atoms with van der Waals surface area (Å²) in [6.45, 7) is 1.09. The number of ether oxygens (including phenoxy) is 1. The van der Waals surface area contributed by atoms with Gasteiger partial charge in [0.15, 0.2) is 0 Å². The van der Waals surface area contributed by atoms with Gasteiger partial charge in [-0.3, -0.25) is 0 Å². The molecule has 0 spiro atoms. The van der Waals surface area contributed by atoms with Gasteiger partial charge >= 0.3 is 0 Å². The highest BCUT2D eigenvalue weighted by Gasteiger charge is 2.27. The van der Waals surface area contributed by atoms with Crippen molar-refractivity contribution >= 4 is 0 Å². The summed E-state index contributed by atoms with van der Waals surface area (Å²) < 4.78 is 5.46. The Balaban J connectivity index is 2.18. The molecule has 3 rings (SSSR count). The Morgan fingerprint density at radius 3 is 3.13 bits per heavy atom. The zero-order valence-corrected chi connectivity index (χ0v) is 9.18. The number of rotatable bonds is 1. The van der Waals surface area contributed by atoms with Crippen LogP contribution in [0.15, 0.2) is 12.1 Å². The number of nitrogens with one attached hydrogen (secondary N) is 1. The van der Waals surface area contributed by atoms with Crippen molar-refractivity contribution < 1.29 is 4.74 Å². The van der Waals surface area contributed by atoms with Gasteiger partial charge in [-0.25, -0.2) is 0 Å². The third kappa shape index (κ3) is 1.36. The lowest BCUT2D eigenvalue weighted by Gasteiger charge is -2.33. The van der Waals surface area contributed by atoms with Crippen molar-refractivity contribution in [2.24, 2.45) is 0 Å². The number of hydrogen-bond donors (Lipinski definition) is 1. The van der Waals surface area contributed by atoms with Crippen molar-refractivity contribution in [2.45, 2.75) is 31.7 Å². The fourth-order valence-corrected chi connectivity index (χ4v) is 3.01. The molecule has 0 saturated carbocycles. The Bertz CT molecular complexity index is 384. The molecule has 1 aromatic carbocycles. The molecule has 1 aromatic rings. The summed E-state index contributed by atoms with van der Waals surface area (Å²) in [6.07, 6.45) is 4.96. The number of aryl methyl sites for hydroxylation is 1. The van der Waals surface area contributed by atoms with Crippen LogP contribution >= 0.6 is 0 Å². The fourth-order valence-electron chi connectivity index (χ4n) is 3.01. The van der Waals surface area contributed by atoms with Crippen LogP contribution in [0.2, 0.25) is 0 Å². The van der Waals surface area contributed by atoms with Crippen molar-refractivity contribution in [2.75, 3.05) is 13.7 Å². The van der Waals surface area contributed by atoms with Gasteiger partial charge in [-0.2, -0.15) is 0 Å². The highest BCUT2D eigenvalue weighted by molar-refractivity contribution is 5.49. The summed E-state index contributed by atoms with van der Waals surface area (Å²) in [5, 5.41) is 3.61. The monoisotopic (exact) mass is 203 g/mol. The van der Waals surface area contributed by atoms with E-state index in [0.717, 1.165) is 18.7 Å². The summed E-state index contributed by atoms with van der Waals surface area (Å²) in [6, 6.07) is 4.98. The van der Waals surface area contributed by atoms with E-state index in [2.05, 4.69) is 17.4 Å². The summed E-state index contributed by atoms with van der Waals surface area (Å²) >= 11 is 0. The first kappa shape index (κ1) is 9.22. The van der Waals surface area contributed by atoms with E-state index < -0.39 is 0 Å². The largest absolute Gasteiger partial charge is 0.496 e. The number of hydrogen-bond acceptors (Lipinski definition) is 2. The average Bonchev–Trinajstić information content (AvgIpc) is 2.30. The third-order valence-electron chi connectivity index (χ3n) is 3.68. The van der Waals surface area contributed by atoms with Gasteiger partial charge in [0.2, 0.25) is 0 Å². The molecule has 15 heavy (non-hydrogen) atoms. The molecule has 2 nitrogen and oxygen atoms in total. The molecule has 0 radical (unpaired) electrons. The van der Waals surface area contributed by atoms with Gasteiger partial charge in [-0.05, 0) is 49.4 Å². The molecule has 0 aromatic heterocycles. The van der Waals surface area contributed by atoms with E-state index in [0.29, 0.717) is 6.04 Å². The van der Waals surface area contributed by atoms with Crippen LogP contribution in [-0.4, -0.2) is 13.7 Å². The molecular weight excluding hydrogens is 186 g/mol. The van der Waals surface area contributed by atoms with E-state index in [1.165, 1.54) is 30.4 Å². The Hall–Kier alpha value is -1.02. The van der Waals surface area contributed by atoms with Gasteiger partial charge in [-0.15, -0.1) is 0 Å². The second-order valence-corrected chi connectivity index (χ2v) is 4.47.